The van der Waals surface area contributed by atoms with E-state index in [1.165, 1.54) is 0 Å². The minimum atomic E-state index is -4.59. The molecule has 30 heavy (non-hydrogen) atoms. The van der Waals surface area contributed by atoms with Crippen molar-refractivity contribution in [3.05, 3.63) is 52.6 Å². The number of fused-ring (bicyclic) bond motifs is 1. The number of carbonyl (C=O) groups excluding carboxylic acids is 2. The zero-order chi connectivity index (χ0) is 21.9. The van der Waals surface area contributed by atoms with Crippen LogP contribution in [0, 0.1) is 6.92 Å². The Balaban J connectivity index is 1.79. The van der Waals surface area contributed by atoms with E-state index in [-0.39, 0.29) is 19.0 Å². The standard InChI is InChI=1S/C23H23F3O4/c1-3-17-14(2)4-7-19(16-5-8-18-15(12-16)6-9-20(18)27)22(17)30-11-10-29-21(28)13-23(24,25)26/h4-5,7-8,12H,3,6,9-11,13H2,1-2H3. The van der Waals surface area contributed by atoms with Gasteiger partial charge >= 0.3 is 12.1 Å². The van der Waals surface area contributed by atoms with Crippen LogP contribution in [0.1, 0.15) is 46.8 Å². The predicted molar refractivity (Wildman–Crippen MR) is 106 cm³/mol. The summed E-state index contributed by atoms with van der Waals surface area (Å²) in [5.41, 5.74) is 5.50. The van der Waals surface area contributed by atoms with E-state index in [0.29, 0.717) is 25.0 Å². The molecule has 7 heteroatoms. The highest BCUT2D eigenvalue weighted by atomic mass is 19.4. The fourth-order valence-electron chi connectivity index (χ4n) is 3.69. The van der Waals surface area contributed by atoms with Gasteiger partial charge in [0.25, 0.3) is 0 Å². The Bertz CT molecular complexity index is 964. The van der Waals surface area contributed by atoms with E-state index in [1.54, 1.807) is 0 Å². The summed E-state index contributed by atoms with van der Waals surface area (Å²) in [4.78, 5) is 23.2. The molecular weight excluding hydrogens is 397 g/mol. The van der Waals surface area contributed by atoms with Gasteiger partial charge in [0.2, 0.25) is 0 Å². The topological polar surface area (TPSA) is 52.6 Å². The molecule has 0 bridgehead atoms. The van der Waals surface area contributed by atoms with Crippen LogP contribution in [0.3, 0.4) is 0 Å². The Morgan fingerprint density at radius 1 is 1.07 bits per heavy atom. The number of hydrogen-bond donors (Lipinski definition) is 0. The lowest BCUT2D eigenvalue weighted by molar-refractivity contribution is -0.171. The van der Waals surface area contributed by atoms with Gasteiger partial charge in [0.05, 0.1) is 0 Å². The molecule has 2 aromatic rings. The van der Waals surface area contributed by atoms with Crippen molar-refractivity contribution in [3.63, 3.8) is 0 Å². The molecule has 0 fully saturated rings. The van der Waals surface area contributed by atoms with Crippen LogP contribution in [0.25, 0.3) is 11.1 Å². The third kappa shape index (κ3) is 5.01. The number of benzene rings is 2. The van der Waals surface area contributed by atoms with Gasteiger partial charge in [-0.1, -0.05) is 37.3 Å². The second-order valence-electron chi connectivity index (χ2n) is 7.25. The van der Waals surface area contributed by atoms with Crippen molar-refractivity contribution in [2.75, 3.05) is 13.2 Å². The van der Waals surface area contributed by atoms with Crippen LogP contribution in [-0.4, -0.2) is 31.1 Å². The second kappa shape index (κ2) is 8.90. The number of Topliss-reactive ketones (excluding diaryl/α,β-unsaturated/α-hetero) is 1. The maximum atomic E-state index is 12.2. The van der Waals surface area contributed by atoms with Crippen LogP contribution in [0.5, 0.6) is 5.75 Å². The van der Waals surface area contributed by atoms with Crippen LogP contribution in [0.2, 0.25) is 0 Å². The van der Waals surface area contributed by atoms with E-state index in [2.05, 4.69) is 4.74 Å². The molecule has 1 aliphatic carbocycles. The van der Waals surface area contributed by atoms with E-state index in [9.17, 15) is 22.8 Å². The highest BCUT2D eigenvalue weighted by Gasteiger charge is 2.32. The molecule has 0 saturated carbocycles. The molecule has 3 rings (SSSR count). The number of hydrogen-bond acceptors (Lipinski definition) is 4. The number of aryl methyl sites for hydroxylation is 2. The van der Waals surface area contributed by atoms with E-state index < -0.39 is 18.6 Å². The average Bonchev–Trinajstić information content (AvgIpc) is 3.04. The number of esters is 1. The van der Waals surface area contributed by atoms with Crippen molar-refractivity contribution in [2.24, 2.45) is 0 Å². The number of ketones is 1. The monoisotopic (exact) mass is 420 g/mol. The Kier molecular flexibility index (Phi) is 6.48. The maximum Gasteiger partial charge on any atom is 0.399 e. The molecule has 0 amide bonds. The van der Waals surface area contributed by atoms with Gasteiger partial charge in [-0.05, 0) is 42.0 Å². The first-order valence-electron chi connectivity index (χ1n) is 9.83. The van der Waals surface area contributed by atoms with Crippen LogP contribution in [0.4, 0.5) is 13.2 Å². The smallest absolute Gasteiger partial charge is 0.399 e. The molecular formula is C23H23F3O4. The number of ether oxygens (including phenoxy) is 2. The first-order valence-corrected chi connectivity index (χ1v) is 9.83. The fraction of sp³-hybridized carbons (Fsp3) is 0.391. The van der Waals surface area contributed by atoms with E-state index >= 15 is 0 Å². The summed E-state index contributed by atoms with van der Waals surface area (Å²) in [5.74, 6) is -0.560. The third-order valence-corrected chi connectivity index (χ3v) is 5.12. The van der Waals surface area contributed by atoms with Crippen molar-refractivity contribution < 1.29 is 32.2 Å². The van der Waals surface area contributed by atoms with Crippen molar-refractivity contribution in [1.29, 1.82) is 0 Å². The Morgan fingerprint density at radius 2 is 1.80 bits per heavy atom. The van der Waals surface area contributed by atoms with E-state index in [4.69, 9.17) is 4.74 Å². The SMILES string of the molecule is CCc1c(C)ccc(-c2ccc3c(c2)CCC3=O)c1OCCOC(=O)CC(F)(F)F. The quantitative estimate of drug-likeness (QED) is 0.455. The Labute approximate surface area is 173 Å². The van der Waals surface area contributed by atoms with Gasteiger partial charge < -0.3 is 9.47 Å². The first kappa shape index (κ1) is 21.9. The fourth-order valence-corrected chi connectivity index (χ4v) is 3.69. The molecule has 0 spiro atoms. The second-order valence-corrected chi connectivity index (χ2v) is 7.25. The lowest BCUT2D eigenvalue weighted by Crippen LogP contribution is -2.19. The minimum absolute atomic E-state index is 0.0591. The lowest BCUT2D eigenvalue weighted by atomic mass is 9.94. The average molecular weight is 420 g/mol. The van der Waals surface area contributed by atoms with Crippen molar-refractivity contribution >= 4 is 11.8 Å². The molecule has 0 atom stereocenters. The van der Waals surface area contributed by atoms with Gasteiger partial charge in [0.1, 0.15) is 25.4 Å². The third-order valence-electron chi connectivity index (χ3n) is 5.12. The molecule has 0 saturated heterocycles. The van der Waals surface area contributed by atoms with Crippen molar-refractivity contribution in [2.45, 2.75) is 45.7 Å². The normalized spacial score (nSPS) is 13.3. The largest absolute Gasteiger partial charge is 0.489 e. The van der Waals surface area contributed by atoms with Gasteiger partial charge in [0.15, 0.2) is 5.78 Å². The summed E-state index contributed by atoms with van der Waals surface area (Å²) in [7, 11) is 0. The van der Waals surface area contributed by atoms with E-state index in [0.717, 1.165) is 33.4 Å². The minimum Gasteiger partial charge on any atom is -0.489 e. The molecule has 1 aliphatic rings. The molecule has 0 radical (unpaired) electrons. The van der Waals surface area contributed by atoms with Crippen LogP contribution in [-0.2, 0) is 22.4 Å². The highest BCUT2D eigenvalue weighted by molar-refractivity contribution is 6.01. The lowest BCUT2D eigenvalue weighted by Gasteiger charge is -2.18. The molecule has 0 aliphatic heterocycles. The summed E-state index contributed by atoms with van der Waals surface area (Å²) >= 11 is 0. The van der Waals surface area contributed by atoms with Gasteiger partial charge in [-0.15, -0.1) is 0 Å². The Morgan fingerprint density at radius 3 is 2.50 bits per heavy atom. The summed E-state index contributed by atoms with van der Waals surface area (Å²) in [6.45, 7) is 3.62. The van der Waals surface area contributed by atoms with Gasteiger partial charge in [-0.3, -0.25) is 9.59 Å². The van der Waals surface area contributed by atoms with Gasteiger partial charge in [-0.25, -0.2) is 0 Å². The van der Waals surface area contributed by atoms with Crippen molar-refractivity contribution in [3.8, 4) is 16.9 Å². The zero-order valence-corrected chi connectivity index (χ0v) is 16.9. The summed E-state index contributed by atoms with van der Waals surface area (Å²) in [5, 5.41) is 0. The number of carbonyl (C=O) groups is 2. The summed E-state index contributed by atoms with van der Waals surface area (Å²) < 4.78 is 47.2. The molecule has 4 nitrogen and oxygen atoms in total. The van der Waals surface area contributed by atoms with Gasteiger partial charge in [0, 0.05) is 17.5 Å². The maximum absolute atomic E-state index is 12.2. The van der Waals surface area contributed by atoms with Crippen LogP contribution in [0.15, 0.2) is 30.3 Å². The van der Waals surface area contributed by atoms with E-state index in [1.807, 2.05) is 44.2 Å². The molecule has 2 aromatic carbocycles. The van der Waals surface area contributed by atoms with Crippen molar-refractivity contribution in [1.82, 2.24) is 0 Å². The highest BCUT2D eigenvalue weighted by Crippen LogP contribution is 2.37. The van der Waals surface area contributed by atoms with Crippen LogP contribution >= 0.6 is 0 Å². The molecule has 160 valence electrons. The summed E-state index contributed by atoms with van der Waals surface area (Å²) in [6.07, 6.45) is -4.28. The molecule has 0 aromatic heterocycles. The number of rotatable bonds is 7. The summed E-state index contributed by atoms with van der Waals surface area (Å²) in [6, 6.07) is 9.61. The molecule has 0 heterocycles. The zero-order valence-electron chi connectivity index (χ0n) is 16.9. The first-order chi connectivity index (χ1) is 14.2. The Hall–Kier alpha value is -2.83. The molecule has 0 N–H and O–H groups in total. The predicted octanol–water partition coefficient (Wildman–Crippen LogP) is 5.23. The number of halogens is 3. The van der Waals surface area contributed by atoms with Gasteiger partial charge in [-0.2, -0.15) is 13.2 Å². The number of alkyl halides is 3. The molecule has 0 unspecified atom stereocenters. The van der Waals surface area contributed by atoms with Crippen LogP contribution < -0.4 is 4.74 Å².